The fraction of sp³-hybridized carbons (Fsp3) is 0.429. The normalized spacial score (nSPS) is 7.42. The molecule has 0 atom stereocenters. The van der Waals surface area contributed by atoms with Crippen LogP contribution in [0.5, 0.6) is 0 Å². The molecule has 0 spiro atoms. The molecular weight excluding hydrogens is 340 g/mol. The van der Waals surface area contributed by atoms with Crippen LogP contribution < -0.4 is 0 Å². The SMILES string of the molecule is CC.CC.CC.Cc1cccnc1.Cc1cncnc1.Cc1cncs1. The number of aromatic nitrogens is 4. The minimum absolute atomic E-state index is 1.10. The van der Waals surface area contributed by atoms with Crippen molar-refractivity contribution in [1.29, 1.82) is 0 Å². The third-order valence-electron chi connectivity index (χ3n) is 2.05. The fourth-order valence-electron chi connectivity index (χ4n) is 1.10. The molecule has 3 rings (SSSR count). The second-order valence-corrected chi connectivity index (χ2v) is 5.15. The van der Waals surface area contributed by atoms with Gasteiger partial charge < -0.3 is 0 Å². The van der Waals surface area contributed by atoms with Gasteiger partial charge in [0.1, 0.15) is 6.33 Å². The maximum absolute atomic E-state index is 3.88. The van der Waals surface area contributed by atoms with Crippen molar-refractivity contribution in [2.75, 3.05) is 0 Å². The first-order valence-corrected chi connectivity index (χ1v) is 10.00. The molecule has 0 aliphatic rings. The van der Waals surface area contributed by atoms with Crippen LogP contribution in [0.25, 0.3) is 0 Å². The van der Waals surface area contributed by atoms with E-state index in [0.29, 0.717) is 0 Å². The summed E-state index contributed by atoms with van der Waals surface area (Å²) < 4.78 is 0. The minimum Gasteiger partial charge on any atom is -0.264 e. The Labute approximate surface area is 164 Å². The molecule has 0 fully saturated rings. The van der Waals surface area contributed by atoms with Gasteiger partial charge in [-0.15, -0.1) is 11.3 Å². The summed E-state index contributed by atoms with van der Waals surface area (Å²) >= 11 is 1.67. The fourth-order valence-corrected chi connectivity index (χ4v) is 1.51. The van der Waals surface area contributed by atoms with Gasteiger partial charge in [-0.1, -0.05) is 47.6 Å². The first-order chi connectivity index (χ1) is 12.7. The first kappa shape index (κ1) is 28.7. The summed E-state index contributed by atoms with van der Waals surface area (Å²) in [5.41, 5.74) is 4.14. The molecule has 0 aromatic carbocycles. The molecule has 0 amide bonds. The van der Waals surface area contributed by atoms with Crippen molar-refractivity contribution in [3.8, 4) is 0 Å². The molecule has 0 aliphatic heterocycles. The van der Waals surface area contributed by atoms with Crippen LogP contribution in [-0.4, -0.2) is 19.9 Å². The predicted octanol–water partition coefficient (Wildman–Crippen LogP) is 6.71. The average Bonchev–Trinajstić information content (AvgIpc) is 3.20. The number of pyridine rings is 1. The van der Waals surface area contributed by atoms with Crippen molar-refractivity contribution in [1.82, 2.24) is 19.9 Å². The Balaban J connectivity index is -0.000000267. The van der Waals surface area contributed by atoms with Gasteiger partial charge in [-0.05, 0) is 38.0 Å². The molecule has 0 saturated carbocycles. The number of hydrogen-bond acceptors (Lipinski definition) is 5. The Morgan fingerprint density at radius 1 is 0.654 bits per heavy atom. The van der Waals surface area contributed by atoms with Crippen molar-refractivity contribution in [2.24, 2.45) is 0 Å². The third-order valence-corrected chi connectivity index (χ3v) is 2.76. The maximum atomic E-state index is 3.88. The van der Waals surface area contributed by atoms with Crippen LogP contribution in [0.15, 0.2) is 55.0 Å². The van der Waals surface area contributed by atoms with Gasteiger partial charge in [-0.3, -0.25) is 9.97 Å². The second kappa shape index (κ2) is 25.1. The zero-order chi connectivity index (χ0) is 20.6. The van der Waals surface area contributed by atoms with E-state index in [-0.39, 0.29) is 0 Å². The first-order valence-electron chi connectivity index (χ1n) is 9.12. The molecule has 0 bridgehead atoms. The Kier molecular flexibility index (Phi) is 27.7. The summed E-state index contributed by atoms with van der Waals surface area (Å²) in [6.07, 6.45) is 10.5. The van der Waals surface area contributed by atoms with Crippen LogP contribution in [0.3, 0.4) is 0 Å². The van der Waals surface area contributed by atoms with E-state index in [1.165, 1.54) is 16.8 Å². The van der Waals surface area contributed by atoms with E-state index in [2.05, 4.69) is 19.9 Å². The lowest BCUT2D eigenvalue weighted by Gasteiger charge is -1.82. The predicted molar refractivity (Wildman–Crippen MR) is 117 cm³/mol. The van der Waals surface area contributed by atoms with E-state index in [1.54, 1.807) is 29.9 Å². The number of aryl methyl sites for hydroxylation is 3. The van der Waals surface area contributed by atoms with Gasteiger partial charge in [0.15, 0.2) is 0 Å². The topological polar surface area (TPSA) is 51.6 Å². The van der Waals surface area contributed by atoms with Gasteiger partial charge in [-0.25, -0.2) is 9.97 Å². The quantitative estimate of drug-likeness (QED) is 0.438. The zero-order valence-electron chi connectivity index (χ0n) is 17.9. The van der Waals surface area contributed by atoms with Crippen LogP contribution in [0.2, 0.25) is 0 Å². The van der Waals surface area contributed by atoms with Gasteiger partial charge >= 0.3 is 0 Å². The number of rotatable bonds is 0. The molecule has 26 heavy (non-hydrogen) atoms. The summed E-state index contributed by atoms with van der Waals surface area (Å²) in [5.74, 6) is 0. The second-order valence-electron chi connectivity index (χ2n) is 4.06. The molecule has 3 aromatic rings. The van der Waals surface area contributed by atoms with Gasteiger partial charge in [-0.2, -0.15) is 0 Å². The molecule has 5 heteroatoms. The molecule has 146 valence electrons. The van der Waals surface area contributed by atoms with E-state index in [9.17, 15) is 0 Å². The zero-order valence-corrected chi connectivity index (χ0v) is 18.7. The van der Waals surface area contributed by atoms with Crippen molar-refractivity contribution in [3.05, 3.63) is 71.0 Å². The van der Waals surface area contributed by atoms with Gasteiger partial charge in [0, 0.05) is 35.9 Å². The number of hydrogen-bond donors (Lipinski definition) is 0. The smallest absolute Gasteiger partial charge is 0.115 e. The van der Waals surface area contributed by atoms with Crippen LogP contribution in [0, 0.1) is 20.8 Å². The van der Waals surface area contributed by atoms with Crippen LogP contribution in [-0.2, 0) is 0 Å². The van der Waals surface area contributed by atoms with Crippen molar-refractivity contribution >= 4 is 11.3 Å². The lowest BCUT2D eigenvalue weighted by Crippen LogP contribution is -1.75. The van der Waals surface area contributed by atoms with Crippen molar-refractivity contribution in [3.63, 3.8) is 0 Å². The Hall–Kier alpha value is -2.14. The van der Waals surface area contributed by atoms with E-state index in [0.717, 1.165) is 5.56 Å². The highest BCUT2D eigenvalue weighted by Gasteiger charge is 1.76. The molecule has 0 N–H and O–H groups in total. The van der Waals surface area contributed by atoms with Gasteiger partial charge in [0.05, 0.1) is 5.51 Å². The Morgan fingerprint density at radius 2 is 1.19 bits per heavy atom. The number of thiazole rings is 1. The Morgan fingerprint density at radius 3 is 1.38 bits per heavy atom. The third kappa shape index (κ3) is 21.9. The van der Waals surface area contributed by atoms with E-state index in [4.69, 9.17) is 0 Å². The highest BCUT2D eigenvalue weighted by Crippen LogP contribution is 1.99. The average molecular weight is 377 g/mol. The summed E-state index contributed by atoms with van der Waals surface area (Å²) in [4.78, 5) is 16.5. The molecule has 0 saturated heterocycles. The summed E-state index contributed by atoms with van der Waals surface area (Å²) in [7, 11) is 0. The minimum atomic E-state index is 1.10. The van der Waals surface area contributed by atoms with E-state index < -0.39 is 0 Å². The lowest BCUT2D eigenvalue weighted by molar-refractivity contribution is 1.13. The highest BCUT2D eigenvalue weighted by molar-refractivity contribution is 7.09. The largest absolute Gasteiger partial charge is 0.264 e. The van der Waals surface area contributed by atoms with Crippen LogP contribution >= 0.6 is 11.3 Å². The molecule has 3 heterocycles. The standard InChI is InChI=1S/C6H7N.C5H6N2.C4H5NS.3C2H6/c1-6-3-2-4-7-5-6;1-5-2-6-4-7-3-5;1-4-2-5-3-6-4;3*1-2/h2-5H,1H3;2-4H,1H3;2-3H,1H3;3*1-2H3. The van der Waals surface area contributed by atoms with Crippen molar-refractivity contribution < 1.29 is 0 Å². The Bertz CT molecular complexity index is 518. The molecule has 4 nitrogen and oxygen atoms in total. The maximum Gasteiger partial charge on any atom is 0.115 e. The highest BCUT2D eigenvalue weighted by atomic mass is 32.1. The summed E-state index contributed by atoms with van der Waals surface area (Å²) in [5, 5.41) is 0. The summed E-state index contributed by atoms with van der Waals surface area (Å²) in [6, 6.07) is 3.95. The van der Waals surface area contributed by atoms with E-state index >= 15 is 0 Å². The number of nitrogens with zero attached hydrogens (tertiary/aromatic N) is 4. The van der Waals surface area contributed by atoms with Crippen LogP contribution in [0.4, 0.5) is 0 Å². The van der Waals surface area contributed by atoms with Crippen LogP contribution in [0.1, 0.15) is 57.5 Å². The van der Waals surface area contributed by atoms with E-state index in [1.807, 2.05) is 92.4 Å². The lowest BCUT2D eigenvalue weighted by atomic mass is 10.3. The van der Waals surface area contributed by atoms with Crippen molar-refractivity contribution in [2.45, 2.75) is 62.3 Å². The van der Waals surface area contributed by atoms with Gasteiger partial charge in [0.2, 0.25) is 0 Å². The van der Waals surface area contributed by atoms with Gasteiger partial charge in [0.25, 0.3) is 0 Å². The summed E-state index contributed by atoms with van der Waals surface area (Å²) in [6.45, 7) is 18.0. The molecular formula is C21H36N4S. The molecule has 0 unspecified atom stereocenters. The molecule has 3 aromatic heterocycles. The molecule has 0 radical (unpaired) electrons. The monoisotopic (exact) mass is 376 g/mol. The molecule has 0 aliphatic carbocycles.